The van der Waals surface area contributed by atoms with Crippen molar-refractivity contribution in [3.05, 3.63) is 88.3 Å². The SMILES string of the molecule is C/C=C(/C)C1=CC(=O)C=C2N(C(=O)c3cc4c5c(c(CCC)c(OC)c4[nH]3)N(C(=O)c3cc4c6c(c(CC)c(OC)c4[nH]3)N(C(=O)SC)CC6)CC5)CC3CC123.CC.CC.CC.CCCCC.[CH3-].[K+]. The molecular formula is C56H80KN5O6S. The number of rotatable bonds is 10. The summed E-state index contributed by atoms with van der Waals surface area (Å²) in [4.78, 5) is 67.5. The van der Waals surface area contributed by atoms with Gasteiger partial charge in [0.05, 0.1) is 36.6 Å². The molecule has 3 amide bonds. The van der Waals surface area contributed by atoms with Crippen LogP contribution >= 0.6 is 11.8 Å². The van der Waals surface area contributed by atoms with Crippen molar-refractivity contribution >= 4 is 67.8 Å². The summed E-state index contributed by atoms with van der Waals surface area (Å²) in [5.74, 6) is 1.14. The van der Waals surface area contributed by atoms with Gasteiger partial charge in [-0.05, 0) is 93.0 Å². The van der Waals surface area contributed by atoms with Crippen LogP contribution in [0, 0.1) is 18.8 Å². The second-order valence-corrected chi connectivity index (χ2v) is 17.7. The van der Waals surface area contributed by atoms with Crippen molar-refractivity contribution in [2.75, 3.05) is 49.9 Å². The molecule has 372 valence electrons. The third-order valence-corrected chi connectivity index (χ3v) is 14.2. The summed E-state index contributed by atoms with van der Waals surface area (Å²) in [7, 11) is 3.27. The van der Waals surface area contributed by atoms with Gasteiger partial charge in [0.1, 0.15) is 22.9 Å². The number of H-pyrrole nitrogens is 2. The normalized spacial score (nSPS) is 17.9. The van der Waals surface area contributed by atoms with Gasteiger partial charge in [-0.3, -0.25) is 19.2 Å². The number of benzene rings is 2. The number of nitrogens with one attached hydrogen (secondary N) is 2. The third-order valence-electron chi connectivity index (χ3n) is 13.6. The number of allylic oxidation sites excluding steroid dienone is 5. The van der Waals surface area contributed by atoms with Gasteiger partial charge in [-0.2, -0.15) is 0 Å². The number of nitrogens with zero attached hydrogens (tertiary/aromatic N) is 3. The average molecular weight is 990 g/mol. The Morgan fingerprint density at radius 3 is 1.75 bits per heavy atom. The van der Waals surface area contributed by atoms with Crippen molar-refractivity contribution in [3.8, 4) is 11.5 Å². The molecule has 1 spiro atoms. The monoisotopic (exact) mass is 990 g/mol. The maximum atomic E-state index is 14.8. The maximum absolute atomic E-state index is 14.8. The summed E-state index contributed by atoms with van der Waals surface area (Å²) in [5.41, 5.74) is 10.7. The number of hydrogen-bond acceptors (Lipinski definition) is 7. The molecule has 2 aromatic heterocycles. The van der Waals surface area contributed by atoms with Crippen molar-refractivity contribution in [3.63, 3.8) is 0 Å². The Morgan fingerprint density at radius 1 is 0.783 bits per heavy atom. The number of fused-ring (bicyclic) bond motifs is 6. The Kier molecular flexibility index (Phi) is 22.7. The smallest absolute Gasteiger partial charge is 0.494 e. The number of piperidine rings is 1. The van der Waals surface area contributed by atoms with Crippen LogP contribution in [0.25, 0.3) is 21.8 Å². The van der Waals surface area contributed by atoms with E-state index in [1.807, 2.05) is 83.4 Å². The molecule has 9 rings (SSSR count). The van der Waals surface area contributed by atoms with Crippen molar-refractivity contribution < 1.29 is 80.0 Å². The van der Waals surface area contributed by atoms with Crippen LogP contribution in [0.4, 0.5) is 16.2 Å². The number of thioether (sulfide) groups is 1. The summed E-state index contributed by atoms with van der Waals surface area (Å²) in [6.07, 6.45) is 15.7. The molecular weight excluding hydrogens is 910 g/mol. The van der Waals surface area contributed by atoms with Gasteiger partial charge in [0, 0.05) is 58.7 Å². The molecule has 2 unspecified atom stereocenters. The van der Waals surface area contributed by atoms with Gasteiger partial charge >= 0.3 is 51.4 Å². The molecule has 5 aliphatic rings. The van der Waals surface area contributed by atoms with E-state index in [-0.39, 0.29) is 93.0 Å². The number of amides is 3. The standard InChI is InChI=1S/C44H47N5O6S.C5H12.3C2H6.CH3.K/c1-8-11-28-38-27(12-14-47(38)41(51)32-18-29-26-13-15-48(43(53)56-7)37(26)25(10-3)39(54-5)35(29)45-32)30-19-33(46-36(30)40(28)55-6)42(52)49-21-23-20-44(23)31(22(4)9-2)16-24(50)17-34(44)49;1-3-5-4-2;3*1-2;;/h9,16-19,23,45-46H,8,10-15,20-21H2,1-7H3;3-5H2,1-2H3;3*1-2H3;1H3;/q;;;;;-1;+1/b22-9-;;;;;;. The molecule has 0 radical (unpaired) electrons. The molecule has 0 bridgehead atoms. The topological polar surface area (TPSA) is 128 Å². The fourth-order valence-electron chi connectivity index (χ4n) is 10.7. The number of unbranched alkanes of at least 4 members (excludes halogenated alkanes) is 2. The zero-order chi connectivity index (χ0) is 49.5. The van der Waals surface area contributed by atoms with Crippen LogP contribution in [0.2, 0.25) is 0 Å². The van der Waals surface area contributed by atoms with Crippen LogP contribution in [-0.4, -0.2) is 77.8 Å². The Bertz CT molecular complexity index is 2600. The third kappa shape index (κ3) is 10.5. The Morgan fingerprint density at radius 2 is 1.29 bits per heavy atom. The second kappa shape index (κ2) is 26.2. The second-order valence-electron chi connectivity index (χ2n) is 16.9. The van der Waals surface area contributed by atoms with E-state index >= 15 is 0 Å². The van der Waals surface area contributed by atoms with Crippen LogP contribution in [0.1, 0.15) is 158 Å². The molecule has 4 aromatic rings. The van der Waals surface area contributed by atoms with E-state index in [0.29, 0.717) is 68.2 Å². The van der Waals surface area contributed by atoms with Crippen molar-refractivity contribution in [1.82, 2.24) is 14.9 Å². The quantitative estimate of drug-likeness (QED) is 0.120. The minimum Gasteiger partial charge on any atom is -0.494 e. The van der Waals surface area contributed by atoms with Gasteiger partial charge in [0.15, 0.2) is 5.78 Å². The fourth-order valence-corrected chi connectivity index (χ4v) is 11.1. The van der Waals surface area contributed by atoms with Gasteiger partial charge < -0.3 is 41.6 Å². The zero-order valence-electron chi connectivity index (χ0n) is 45.1. The van der Waals surface area contributed by atoms with Gasteiger partial charge in [-0.15, -0.1) is 0 Å². The molecule has 2 aliphatic carbocycles. The van der Waals surface area contributed by atoms with Gasteiger partial charge in [-0.25, -0.2) is 0 Å². The van der Waals surface area contributed by atoms with E-state index in [1.54, 1.807) is 37.5 Å². The summed E-state index contributed by atoms with van der Waals surface area (Å²) < 4.78 is 12.1. The number of anilines is 2. The van der Waals surface area contributed by atoms with Crippen molar-refractivity contribution in [2.45, 2.75) is 141 Å². The number of aromatic amines is 2. The van der Waals surface area contributed by atoms with E-state index in [2.05, 4.69) is 37.7 Å². The Hall–Kier alpha value is -3.59. The minimum absolute atomic E-state index is 0. The number of likely N-dealkylation sites (tertiary alicyclic amines) is 1. The first kappa shape index (κ1) is 59.7. The summed E-state index contributed by atoms with van der Waals surface area (Å²) >= 11 is 1.20. The van der Waals surface area contributed by atoms with Crippen molar-refractivity contribution in [2.24, 2.45) is 11.3 Å². The largest absolute Gasteiger partial charge is 1.00 e. The molecule has 3 aliphatic heterocycles. The molecule has 2 N–H and O–H groups in total. The first-order valence-corrected chi connectivity index (χ1v) is 26.3. The van der Waals surface area contributed by atoms with Crippen LogP contribution in [0.15, 0.2) is 47.2 Å². The maximum Gasteiger partial charge on any atom is 1.00 e. The number of ether oxygens (including phenoxy) is 2. The molecule has 2 atom stereocenters. The van der Waals surface area contributed by atoms with Crippen LogP contribution < -0.4 is 70.7 Å². The van der Waals surface area contributed by atoms with E-state index in [9.17, 15) is 19.2 Å². The number of ketones is 1. The zero-order valence-corrected chi connectivity index (χ0v) is 49.1. The van der Waals surface area contributed by atoms with E-state index in [1.165, 1.54) is 31.0 Å². The fraction of sp³-hybridized carbons (Fsp3) is 0.518. The Balaban J connectivity index is 0.000000893. The number of carbonyl (C=O) groups excluding carboxylic acids is 4. The molecule has 11 nitrogen and oxygen atoms in total. The number of aromatic nitrogens is 2. The number of carbonyl (C=O) groups is 4. The molecule has 69 heavy (non-hydrogen) atoms. The van der Waals surface area contributed by atoms with Crippen molar-refractivity contribution in [1.29, 1.82) is 0 Å². The van der Waals surface area contributed by atoms with Gasteiger partial charge in [0.2, 0.25) is 0 Å². The molecule has 5 heterocycles. The minimum atomic E-state index is -0.281. The van der Waals surface area contributed by atoms with Crippen LogP contribution in [0.5, 0.6) is 11.5 Å². The van der Waals surface area contributed by atoms with Crippen LogP contribution in [0.3, 0.4) is 0 Å². The van der Waals surface area contributed by atoms with E-state index in [4.69, 9.17) is 9.47 Å². The van der Waals surface area contributed by atoms with Gasteiger partial charge in [-0.1, -0.05) is 118 Å². The molecule has 13 heteroatoms. The average Bonchev–Trinajstić information content (AvgIpc) is 4.02. The molecule has 2 aromatic carbocycles. The summed E-state index contributed by atoms with van der Waals surface area (Å²) in [5, 5.41) is 1.74. The van der Waals surface area contributed by atoms with Crippen LogP contribution in [-0.2, 0) is 30.5 Å². The first-order chi connectivity index (χ1) is 32.5. The Labute approximate surface area is 460 Å². The van der Waals surface area contributed by atoms with E-state index in [0.717, 1.165) is 85.1 Å². The predicted octanol–water partition coefficient (Wildman–Crippen LogP) is 10.8. The molecule has 2 fully saturated rings. The van der Waals surface area contributed by atoms with E-state index < -0.39 is 0 Å². The molecule has 1 saturated carbocycles. The molecule has 1 saturated heterocycles. The summed E-state index contributed by atoms with van der Waals surface area (Å²) in [6.45, 7) is 26.2. The summed E-state index contributed by atoms with van der Waals surface area (Å²) in [6, 6.07) is 3.83. The van der Waals surface area contributed by atoms with Gasteiger partial charge in [0.25, 0.3) is 17.1 Å². The predicted molar refractivity (Wildman–Crippen MR) is 286 cm³/mol. The first-order valence-electron chi connectivity index (χ1n) is 25.1. The number of hydrogen-bond donors (Lipinski definition) is 2. The number of methoxy groups -OCH3 is 2.